The Morgan fingerprint density at radius 2 is 2.00 bits per heavy atom. The molecule has 85 valence electrons. The highest BCUT2D eigenvalue weighted by molar-refractivity contribution is 5.46. The van der Waals surface area contributed by atoms with Crippen LogP contribution in [-0.4, -0.2) is 48.3 Å². The summed E-state index contributed by atoms with van der Waals surface area (Å²) in [5.74, 6) is 0. The number of anilines is 1. The van der Waals surface area contributed by atoms with Crippen LogP contribution >= 0.6 is 0 Å². The van der Waals surface area contributed by atoms with E-state index in [1.165, 1.54) is 5.69 Å². The fourth-order valence-corrected chi connectivity index (χ4v) is 2.84. The largest absolute Gasteiger partial charge is 0.392 e. The Hall–Kier alpha value is -1.06. The molecule has 3 nitrogen and oxygen atoms in total. The predicted molar refractivity (Wildman–Crippen MR) is 63.5 cm³/mol. The van der Waals surface area contributed by atoms with E-state index in [1.54, 1.807) is 0 Å². The van der Waals surface area contributed by atoms with E-state index >= 15 is 0 Å². The molecule has 1 aromatic rings. The molecule has 2 aliphatic heterocycles. The fraction of sp³-hybridized carbons (Fsp3) is 0.538. The van der Waals surface area contributed by atoms with E-state index in [4.69, 9.17) is 0 Å². The van der Waals surface area contributed by atoms with Crippen molar-refractivity contribution in [3.63, 3.8) is 0 Å². The summed E-state index contributed by atoms with van der Waals surface area (Å²) in [6.45, 7) is 4.04. The zero-order chi connectivity index (χ0) is 11.0. The minimum absolute atomic E-state index is 0.117. The van der Waals surface area contributed by atoms with Gasteiger partial charge in [0.25, 0.3) is 0 Å². The molecule has 0 aliphatic carbocycles. The number of fused-ring (bicyclic) bond motifs is 1. The molecule has 2 heterocycles. The van der Waals surface area contributed by atoms with E-state index in [2.05, 4.69) is 28.0 Å². The van der Waals surface area contributed by atoms with Crippen molar-refractivity contribution in [3.05, 3.63) is 30.3 Å². The van der Waals surface area contributed by atoms with E-state index in [-0.39, 0.29) is 6.10 Å². The molecule has 0 saturated carbocycles. The minimum Gasteiger partial charge on any atom is -0.392 e. The number of nitrogens with zero attached hydrogens (tertiary/aromatic N) is 2. The van der Waals surface area contributed by atoms with Gasteiger partial charge in [-0.25, -0.2) is 0 Å². The van der Waals surface area contributed by atoms with Crippen LogP contribution in [0.15, 0.2) is 24.3 Å². The first-order valence-electron chi connectivity index (χ1n) is 5.96. The average Bonchev–Trinajstić information content (AvgIpc) is 2.69. The van der Waals surface area contributed by atoms with Crippen LogP contribution in [0, 0.1) is 6.07 Å². The number of benzene rings is 1. The Morgan fingerprint density at radius 3 is 2.81 bits per heavy atom. The standard InChI is InChI=1S/C13H17N2O/c16-13-8-12-9-14(6-7-15(12)10-13)11-4-2-1-3-5-11/h2-5,12-13,16H,6-10H2. The second-order valence-electron chi connectivity index (χ2n) is 4.74. The lowest BCUT2D eigenvalue weighted by atomic mass is 10.1. The zero-order valence-electron chi connectivity index (χ0n) is 9.34. The summed E-state index contributed by atoms with van der Waals surface area (Å²) in [5, 5.41) is 9.65. The van der Waals surface area contributed by atoms with Crippen LogP contribution < -0.4 is 4.90 Å². The zero-order valence-corrected chi connectivity index (χ0v) is 9.34. The van der Waals surface area contributed by atoms with Crippen LogP contribution in [0.4, 0.5) is 5.69 Å². The van der Waals surface area contributed by atoms with Crippen molar-refractivity contribution >= 4 is 5.69 Å². The lowest BCUT2D eigenvalue weighted by Gasteiger charge is -2.38. The summed E-state index contributed by atoms with van der Waals surface area (Å²) < 4.78 is 0. The summed E-state index contributed by atoms with van der Waals surface area (Å²) >= 11 is 0. The highest BCUT2D eigenvalue weighted by Gasteiger charge is 2.35. The van der Waals surface area contributed by atoms with Gasteiger partial charge in [0.05, 0.1) is 6.10 Å². The van der Waals surface area contributed by atoms with Crippen LogP contribution in [0.2, 0.25) is 0 Å². The van der Waals surface area contributed by atoms with Gasteiger partial charge >= 0.3 is 0 Å². The molecule has 1 N–H and O–H groups in total. The maximum atomic E-state index is 9.65. The molecular weight excluding hydrogens is 200 g/mol. The molecule has 1 aromatic carbocycles. The van der Waals surface area contributed by atoms with Crippen molar-refractivity contribution in [2.45, 2.75) is 18.6 Å². The van der Waals surface area contributed by atoms with Crippen LogP contribution in [0.3, 0.4) is 0 Å². The summed E-state index contributed by atoms with van der Waals surface area (Å²) in [6.07, 6.45) is 0.809. The fourth-order valence-electron chi connectivity index (χ4n) is 2.84. The Labute approximate surface area is 96.3 Å². The van der Waals surface area contributed by atoms with Gasteiger partial charge in [0.2, 0.25) is 0 Å². The molecule has 2 saturated heterocycles. The molecule has 2 unspecified atom stereocenters. The number of rotatable bonds is 1. The molecule has 3 rings (SSSR count). The van der Waals surface area contributed by atoms with E-state index < -0.39 is 0 Å². The van der Waals surface area contributed by atoms with Gasteiger partial charge in [0.1, 0.15) is 0 Å². The second-order valence-corrected chi connectivity index (χ2v) is 4.74. The van der Waals surface area contributed by atoms with Gasteiger partial charge in [0.15, 0.2) is 0 Å². The van der Waals surface area contributed by atoms with Crippen molar-refractivity contribution < 1.29 is 5.11 Å². The van der Waals surface area contributed by atoms with Crippen molar-refractivity contribution in [3.8, 4) is 0 Å². The van der Waals surface area contributed by atoms with Crippen LogP contribution in [0.25, 0.3) is 0 Å². The second kappa shape index (κ2) is 4.07. The SMILES string of the molecule is OC1CC2CN(c3cc[c]cc3)CCN2C1. The predicted octanol–water partition coefficient (Wildman–Crippen LogP) is 0.742. The van der Waals surface area contributed by atoms with E-state index in [0.717, 1.165) is 32.6 Å². The maximum Gasteiger partial charge on any atom is 0.0682 e. The molecule has 3 heteroatoms. The number of aliphatic hydroxyl groups is 1. The Balaban J connectivity index is 1.72. The van der Waals surface area contributed by atoms with Crippen LogP contribution in [-0.2, 0) is 0 Å². The monoisotopic (exact) mass is 217 g/mol. The number of hydrogen-bond acceptors (Lipinski definition) is 3. The first-order valence-corrected chi connectivity index (χ1v) is 5.96. The van der Waals surface area contributed by atoms with Crippen molar-refractivity contribution in [1.82, 2.24) is 4.90 Å². The first kappa shape index (κ1) is 10.1. The van der Waals surface area contributed by atoms with Gasteiger partial charge in [-0.3, -0.25) is 4.90 Å². The minimum atomic E-state index is -0.117. The van der Waals surface area contributed by atoms with Gasteiger partial charge < -0.3 is 10.0 Å². The molecule has 2 fully saturated rings. The third kappa shape index (κ3) is 1.81. The Morgan fingerprint density at radius 1 is 1.19 bits per heavy atom. The summed E-state index contributed by atoms with van der Waals surface area (Å²) in [4.78, 5) is 4.82. The summed E-state index contributed by atoms with van der Waals surface area (Å²) in [7, 11) is 0. The van der Waals surface area contributed by atoms with E-state index in [1.807, 2.05) is 12.1 Å². The normalized spacial score (nSPS) is 30.4. The Bertz CT molecular complexity index is 354. The smallest absolute Gasteiger partial charge is 0.0682 e. The van der Waals surface area contributed by atoms with Crippen molar-refractivity contribution in [2.75, 3.05) is 31.1 Å². The molecule has 1 radical (unpaired) electrons. The summed E-state index contributed by atoms with van der Waals surface area (Å²) in [5.41, 5.74) is 1.28. The average molecular weight is 217 g/mol. The van der Waals surface area contributed by atoms with Gasteiger partial charge in [-0.05, 0) is 24.6 Å². The highest BCUT2D eigenvalue weighted by Crippen LogP contribution is 2.25. The maximum absolute atomic E-state index is 9.65. The number of aliphatic hydroxyl groups excluding tert-OH is 1. The lowest BCUT2D eigenvalue weighted by Crippen LogP contribution is -2.50. The third-order valence-electron chi connectivity index (χ3n) is 3.66. The quantitative estimate of drug-likeness (QED) is 0.751. The first-order chi connectivity index (χ1) is 7.83. The van der Waals surface area contributed by atoms with Gasteiger partial charge in [-0.15, -0.1) is 0 Å². The van der Waals surface area contributed by atoms with Crippen molar-refractivity contribution in [2.24, 2.45) is 0 Å². The van der Waals surface area contributed by atoms with Crippen LogP contribution in [0.1, 0.15) is 6.42 Å². The van der Waals surface area contributed by atoms with Crippen molar-refractivity contribution in [1.29, 1.82) is 0 Å². The lowest BCUT2D eigenvalue weighted by molar-refractivity contribution is 0.173. The van der Waals surface area contributed by atoms with Gasteiger partial charge in [0, 0.05) is 37.9 Å². The van der Waals surface area contributed by atoms with Gasteiger partial charge in [-0.2, -0.15) is 0 Å². The molecule has 0 bridgehead atoms. The highest BCUT2D eigenvalue weighted by atomic mass is 16.3. The molecule has 2 aliphatic rings. The number of hydrogen-bond donors (Lipinski definition) is 1. The molecule has 0 amide bonds. The summed E-state index contributed by atoms with van der Waals surface area (Å²) in [6, 6.07) is 11.7. The van der Waals surface area contributed by atoms with E-state index in [0.29, 0.717) is 6.04 Å². The van der Waals surface area contributed by atoms with E-state index in [9.17, 15) is 5.11 Å². The molecular formula is C13H17N2O. The number of piperazine rings is 1. The third-order valence-corrected chi connectivity index (χ3v) is 3.66. The molecule has 0 aromatic heterocycles. The van der Waals surface area contributed by atoms with Gasteiger partial charge in [-0.1, -0.05) is 12.1 Å². The molecule has 16 heavy (non-hydrogen) atoms. The molecule has 2 atom stereocenters. The Kier molecular flexibility index (Phi) is 2.58. The van der Waals surface area contributed by atoms with Crippen LogP contribution in [0.5, 0.6) is 0 Å². The molecule has 0 spiro atoms. The topological polar surface area (TPSA) is 26.7 Å².